The van der Waals surface area contributed by atoms with Crippen molar-refractivity contribution in [3.8, 4) is 0 Å². The highest BCUT2D eigenvalue weighted by Crippen LogP contribution is 2.32. The van der Waals surface area contributed by atoms with Crippen LogP contribution in [0.2, 0.25) is 0 Å². The van der Waals surface area contributed by atoms with Crippen LogP contribution in [0.1, 0.15) is 44.2 Å². The molecule has 0 amide bonds. The quantitative estimate of drug-likeness (QED) is 0.869. The summed E-state index contributed by atoms with van der Waals surface area (Å²) in [5, 5.41) is 8.90. The van der Waals surface area contributed by atoms with Crippen LogP contribution in [0.5, 0.6) is 0 Å². The van der Waals surface area contributed by atoms with E-state index in [9.17, 15) is 4.79 Å². The number of nitrogens with zero attached hydrogens (tertiary/aromatic N) is 1. The summed E-state index contributed by atoms with van der Waals surface area (Å²) in [6.45, 7) is 3.32. The van der Waals surface area contributed by atoms with Gasteiger partial charge in [-0.15, -0.1) is 0 Å². The molecule has 0 bridgehead atoms. The lowest BCUT2D eigenvalue weighted by Crippen LogP contribution is -2.32. The van der Waals surface area contributed by atoms with E-state index in [1.54, 1.807) is 0 Å². The van der Waals surface area contributed by atoms with Gasteiger partial charge < -0.3 is 5.11 Å². The van der Waals surface area contributed by atoms with Crippen molar-refractivity contribution in [2.75, 3.05) is 6.54 Å². The molecule has 1 aliphatic rings. The third-order valence-corrected chi connectivity index (χ3v) is 3.82. The topological polar surface area (TPSA) is 40.5 Å². The highest BCUT2D eigenvalue weighted by molar-refractivity contribution is 5.66. The van der Waals surface area contributed by atoms with Crippen LogP contribution in [0.3, 0.4) is 0 Å². The van der Waals surface area contributed by atoms with Gasteiger partial charge in [0.25, 0.3) is 0 Å². The Kier molecular flexibility index (Phi) is 4.37. The van der Waals surface area contributed by atoms with Crippen LogP contribution in [0.25, 0.3) is 0 Å². The minimum atomic E-state index is -0.706. The maximum absolute atomic E-state index is 10.8. The Morgan fingerprint density at radius 3 is 2.72 bits per heavy atom. The van der Waals surface area contributed by atoms with Crippen LogP contribution in [0, 0.1) is 0 Å². The lowest BCUT2D eigenvalue weighted by molar-refractivity contribution is -0.137. The summed E-state index contributed by atoms with van der Waals surface area (Å²) in [7, 11) is 0. The first-order valence-electron chi connectivity index (χ1n) is 6.71. The maximum Gasteiger partial charge on any atom is 0.303 e. The third-order valence-electron chi connectivity index (χ3n) is 3.82. The summed E-state index contributed by atoms with van der Waals surface area (Å²) in [5.41, 5.74) is 1.24. The normalized spacial score (nSPS) is 21.9. The highest BCUT2D eigenvalue weighted by Gasteiger charge is 2.28. The van der Waals surface area contributed by atoms with E-state index in [4.69, 9.17) is 5.11 Å². The van der Waals surface area contributed by atoms with Crippen molar-refractivity contribution in [1.82, 2.24) is 4.90 Å². The second kappa shape index (κ2) is 6.01. The Morgan fingerprint density at radius 2 is 2.17 bits per heavy atom. The monoisotopic (exact) mass is 247 g/mol. The summed E-state index contributed by atoms with van der Waals surface area (Å²) < 4.78 is 0. The largest absolute Gasteiger partial charge is 0.481 e. The predicted molar refractivity (Wildman–Crippen MR) is 71.5 cm³/mol. The van der Waals surface area contributed by atoms with E-state index >= 15 is 0 Å². The van der Waals surface area contributed by atoms with Crippen molar-refractivity contribution in [3.63, 3.8) is 0 Å². The number of rotatable bonds is 5. The Bertz CT molecular complexity index is 391. The number of hydrogen-bond donors (Lipinski definition) is 1. The molecule has 2 unspecified atom stereocenters. The first kappa shape index (κ1) is 13.1. The molecule has 1 aliphatic heterocycles. The van der Waals surface area contributed by atoms with Gasteiger partial charge in [0.2, 0.25) is 0 Å². The predicted octanol–water partition coefficient (Wildman–Crippen LogP) is 3.08. The van der Waals surface area contributed by atoms with E-state index in [1.807, 2.05) is 18.2 Å². The van der Waals surface area contributed by atoms with Gasteiger partial charge in [-0.2, -0.15) is 0 Å². The van der Waals surface area contributed by atoms with Crippen LogP contribution in [0.15, 0.2) is 30.3 Å². The fourth-order valence-corrected chi connectivity index (χ4v) is 2.88. The van der Waals surface area contributed by atoms with E-state index in [1.165, 1.54) is 18.4 Å². The van der Waals surface area contributed by atoms with Crippen LogP contribution < -0.4 is 0 Å². The second-order valence-electron chi connectivity index (χ2n) is 5.09. The molecule has 0 aromatic heterocycles. The summed E-state index contributed by atoms with van der Waals surface area (Å²) >= 11 is 0. The van der Waals surface area contributed by atoms with Gasteiger partial charge in [-0.05, 0) is 38.3 Å². The molecule has 98 valence electrons. The van der Waals surface area contributed by atoms with Crippen LogP contribution >= 0.6 is 0 Å². The minimum absolute atomic E-state index is 0.239. The summed E-state index contributed by atoms with van der Waals surface area (Å²) in [6, 6.07) is 11.1. The van der Waals surface area contributed by atoms with E-state index in [-0.39, 0.29) is 12.5 Å². The minimum Gasteiger partial charge on any atom is -0.481 e. The molecule has 0 spiro atoms. The van der Waals surface area contributed by atoms with E-state index in [2.05, 4.69) is 24.0 Å². The molecule has 1 aromatic rings. The van der Waals surface area contributed by atoms with Gasteiger partial charge in [0.1, 0.15) is 0 Å². The van der Waals surface area contributed by atoms with Gasteiger partial charge in [-0.1, -0.05) is 30.3 Å². The summed E-state index contributed by atoms with van der Waals surface area (Å²) in [5.74, 6) is -0.706. The molecular formula is C15H21NO2. The van der Waals surface area contributed by atoms with Gasteiger partial charge in [0.15, 0.2) is 0 Å². The molecule has 3 nitrogen and oxygen atoms in total. The fourth-order valence-electron chi connectivity index (χ4n) is 2.88. The Balaban J connectivity index is 2.14. The zero-order valence-corrected chi connectivity index (χ0v) is 10.9. The van der Waals surface area contributed by atoms with Crippen molar-refractivity contribution in [3.05, 3.63) is 35.9 Å². The molecule has 0 saturated carbocycles. The first-order valence-corrected chi connectivity index (χ1v) is 6.71. The Labute approximate surface area is 108 Å². The smallest absolute Gasteiger partial charge is 0.303 e. The van der Waals surface area contributed by atoms with Crippen LogP contribution in [0.4, 0.5) is 0 Å². The molecule has 1 saturated heterocycles. The number of likely N-dealkylation sites (tertiary alicyclic amines) is 1. The first-order chi connectivity index (χ1) is 8.68. The average molecular weight is 247 g/mol. The van der Waals surface area contributed by atoms with Gasteiger partial charge in [0, 0.05) is 18.5 Å². The highest BCUT2D eigenvalue weighted by atomic mass is 16.4. The third kappa shape index (κ3) is 3.10. The molecule has 1 aromatic carbocycles. The molecular weight excluding hydrogens is 226 g/mol. The zero-order chi connectivity index (χ0) is 13.0. The molecule has 3 heteroatoms. The van der Waals surface area contributed by atoms with Crippen LogP contribution in [-0.2, 0) is 4.79 Å². The number of carbonyl (C=O) groups is 1. The standard InChI is InChI=1S/C15H21NO2/c1-12-6-5-11-16(12)14(9-10-15(17)18)13-7-3-2-4-8-13/h2-4,7-8,12,14H,5-6,9-11H2,1H3,(H,17,18). The van der Waals surface area contributed by atoms with E-state index < -0.39 is 5.97 Å². The maximum atomic E-state index is 10.8. The van der Waals surface area contributed by atoms with Gasteiger partial charge in [-0.25, -0.2) is 0 Å². The van der Waals surface area contributed by atoms with Gasteiger partial charge >= 0.3 is 5.97 Å². The van der Waals surface area contributed by atoms with Crippen LogP contribution in [-0.4, -0.2) is 28.6 Å². The number of benzene rings is 1. The molecule has 0 aliphatic carbocycles. The van der Waals surface area contributed by atoms with Gasteiger partial charge in [-0.3, -0.25) is 9.69 Å². The molecule has 18 heavy (non-hydrogen) atoms. The summed E-state index contributed by atoms with van der Waals surface area (Å²) in [4.78, 5) is 13.3. The number of hydrogen-bond acceptors (Lipinski definition) is 2. The second-order valence-corrected chi connectivity index (χ2v) is 5.09. The zero-order valence-electron chi connectivity index (χ0n) is 10.9. The number of carboxylic acid groups (broad SMARTS) is 1. The van der Waals surface area contributed by atoms with Crippen molar-refractivity contribution in [1.29, 1.82) is 0 Å². The SMILES string of the molecule is CC1CCCN1C(CCC(=O)O)c1ccccc1. The fraction of sp³-hybridized carbons (Fsp3) is 0.533. The van der Waals surface area contributed by atoms with Crippen molar-refractivity contribution in [2.24, 2.45) is 0 Å². The van der Waals surface area contributed by atoms with E-state index in [0.29, 0.717) is 12.5 Å². The van der Waals surface area contributed by atoms with Crippen molar-refractivity contribution < 1.29 is 9.90 Å². The lowest BCUT2D eigenvalue weighted by Gasteiger charge is -2.31. The molecule has 1 fully saturated rings. The molecule has 2 atom stereocenters. The van der Waals surface area contributed by atoms with E-state index in [0.717, 1.165) is 6.54 Å². The number of carboxylic acids is 1. The van der Waals surface area contributed by atoms with Crippen molar-refractivity contribution >= 4 is 5.97 Å². The average Bonchev–Trinajstić information content (AvgIpc) is 2.77. The Hall–Kier alpha value is -1.35. The van der Waals surface area contributed by atoms with Gasteiger partial charge in [0.05, 0.1) is 0 Å². The molecule has 1 heterocycles. The summed E-state index contributed by atoms with van der Waals surface area (Å²) in [6.07, 6.45) is 3.38. The van der Waals surface area contributed by atoms with Crippen molar-refractivity contribution in [2.45, 2.75) is 44.7 Å². The molecule has 1 N–H and O–H groups in total. The molecule has 2 rings (SSSR count). The molecule has 0 radical (unpaired) electrons. The lowest BCUT2D eigenvalue weighted by atomic mass is 9.99. The Morgan fingerprint density at radius 1 is 1.44 bits per heavy atom. The number of aliphatic carboxylic acids is 1.